The second-order valence-corrected chi connectivity index (χ2v) is 5.39. The molecule has 1 aliphatic carbocycles. The molecule has 0 atom stereocenters. The Kier molecular flexibility index (Phi) is 3.54. The molecule has 1 N–H and O–H groups in total. The van der Waals surface area contributed by atoms with Crippen LogP contribution in [0.15, 0.2) is 22.7 Å². The van der Waals surface area contributed by atoms with Crippen LogP contribution in [0.25, 0.3) is 0 Å². The largest absolute Gasteiger partial charge is 0.481 e. The highest BCUT2D eigenvalue weighted by Gasteiger charge is 2.47. The molecule has 0 heterocycles. The third-order valence-electron chi connectivity index (χ3n) is 3.50. The van der Waals surface area contributed by atoms with E-state index in [9.17, 15) is 9.90 Å². The second-order valence-electron chi connectivity index (χ2n) is 4.48. The molecule has 1 fully saturated rings. The lowest BCUT2D eigenvalue weighted by atomic mass is 9.63. The maximum atomic E-state index is 11.5. The molecule has 17 heavy (non-hydrogen) atoms. The number of ether oxygens (including phenoxy) is 1. The summed E-state index contributed by atoms with van der Waals surface area (Å²) in [5.74, 6) is -0.723. The van der Waals surface area contributed by atoms with Gasteiger partial charge in [0.2, 0.25) is 0 Å². The summed E-state index contributed by atoms with van der Waals surface area (Å²) < 4.78 is 6.06. The lowest BCUT2D eigenvalue weighted by Gasteiger charge is -2.39. The molecule has 2 rings (SSSR count). The predicted octanol–water partition coefficient (Wildman–Crippen LogP) is 3.10. The topological polar surface area (TPSA) is 46.5 Å². The normalized spacial score (nSPS) is 17.5. The Morgan fingerprint density at radius 3 is 2.71 bits per heavy atom. The van der Waals surface area contributed by atoms with Gasteiger partial charge in [-0.1, -0.05) is 28.4 Å². The first-order chi connectivity index (χ1) is 8.10. The van der Waals surface area contributed by atoms with Gasteiger partial charge in [-0.05, 0) is 36.1 Å². The molecule has 4 heteroatoms. The number of methoxy groups -OCH3 is 1. The van der Waals surface area contributed by atoms with Crippen molar-refractivity contribution in [3.8, 4) is 0 Å². The number of aliphatic carboxylic acids is 1. The zero-order valence-corrected chi connectivity index (χ0v) is 11.3. The zero-order chi connectivity index (χ0) is 12.5. The molecule has 0 amide bonds. The Bertz CT molecular complexity index is 438. The van der Waals surface area contributed by atoms with Gasteiger partial charge in [0.1, 0.15) is 0 Å². The number of carboxylic acids is 1. The van der Waals surface area contributed by atoms with E-state index < -0.39 is 11.4 Å². The van der Waals surface area contributed by atoms with E-state index in [1.807, 2.05) is 18.2 Å². The van der Waals surface area contributed by atoms with Crippen molar-refractivity contribution in [1.29, 1.82) is 0 Å². The van der Waals surface area contributed by atoms with E-state index in [4.69, 9.17) is 4.74 Å². The van der Waals surface area contributed by atoms with Crippen molar-refractivity contribution in [2.45, 2.75) is 31.3 Å². The quantitative estimate of drug-likeness (QED) is 0.929. The first kappa shape index (κ1) is 12.6. The van der Waals surface area contributed by atoms with Crippen molar-refractivity contribution in [3.63, 3.8) is 0 Å². The van der Waals surface area contributed by atoms with E-state index in [1.165, 1.54) is 0 Å². The number of carboxylic acid groups (broad SMARTS) is 1. The first-order valence-electron chi connectivity index (χ1n) is 5.61. The SMILES string of the molecule is COCc1ccc(Br)cc1C1(C(=O)O)CCC1. The van der Waals surface area contributed by atoms with E-state index in [2.05, 4.69) is 15.9 Å². The average Bonchev–Trinajstić information content (AvgIpc) is 2.20. The molecular formula is C13H15BrO3. The van der Waals surface area contributed by atoms with Gasteiger partial charge < -0.3 is 9.84 Å². The van der Waals surface area contributed by atoms with Crippen LogP contribution in [0.1, 0.15) is 30.4 Å². The highest BCUT2D eigenvalue weighted by molar-refractivity contribution is 9.10. The van der Waals surface area contributed by atoms with Crippen LogP contribution in [0.5, 0.6) is 0 Å². The number of carbonyl (C=O) groups is 1. The number of hydrogen-bond acceptors (Lipinski definition) is 2. The number of rotatable bonds is 4. The van der Waals surface area contributed by atoms with Gasteiger partial charge in [0, 0.05) is 11.6 Å². The number of hydrogen-bond donors (Lipinski definition) is 1. The average molecular weight is 299 g/mol. The van der Waals surface area contributed by atoms with Crippen LogP contribution < -0.4 is 0 Å². The number of benzene rings is 1. The van der Waals surface area contributed by atoms with Crippen molar-refractivity contribution in [3.05, 3.63) is 33.8 Å². The molecule has 1 aromatic carbocycles. The fourth-order valence-electron chi connectivity index (χ4n) is 2.40. The van der Waals surface area contributed by atoms with Gasteiger partial charge in [-0.2, -0.15) is 0 Å². The van der Waals surface area contributed by atoms with Crippen molar-refractivity contribution >= 4 is 21.9 Å². The summed E-state index contributed by atoms with van der Waals surface area (Å²) in [7, 11) is 1.63. The Balaban J connectivity index is 2.48. The van der Waals surface area contributed by atoms with Crippen molar-refractivity contribution in [2.75, 3.05) is 7.11 Å². The third-order valence-corrected chi connectivity index (χ3v) is 4.00. The maximum absolute atomic E-state index is 11.5. The van der Waals surface area contributed by atoms with Crippen molar-refractivity contribution in [1.82, 2.24) is 0 Å². The Morgan fingerprint density at radius 1 is 1.53 bits per heavy atom. The van der Waals surface area contributed by atoms with Crippen molar-refractivity contribution < 1.29 is 14.6 Å². The summed E-state index contributed by atoms with van der Waals surface area (Å²) in [5, 5.41) is 9.46. The Labute approximate surface area is 109 Å². The lowest BCUT2D eigenvalue weighted by molar-refractivity contribution is -0.147. The summed E-state index contributed by atoms with van der Waals surface area (Å²) >= 11 is 3.41. The van der Waals surface area contributed by atoms with Gasteiger partial charge in [0.15, 0.2) is 0 Å². The van der Waals surface area contributed by atoms with Crippen LogP contribution in [-0.2, 0) is 21.6 Å². The van der Waals surface area contributed by atoms with Gasteiger partial charge in [-0.3, -0.25) is 4.79 Å². The molecular weight excluding hydrogens is 284 g/mol. The van der Waals surface area contributed by atoms with Gasteiger partial charge in [-0.15, -0.1) is 0 Å². The molecule has 0 spiro atoms. The molecule has 0 unspecified atom stereocenters. The minimum Gasteiger partial charge on any atom is -0.481 e. The highest BCUT2D eigenvalue weighted by Crippen LogP contribution is 2.46. The van der Waals surface area contributed by atoms with Crippen LogP contribution in [0.4, 0.5) is 0 Å². The van der Waals surface area contributed by atoms with E-state index in [0.717, 1.165) is 34.9 Å². The molecule has 1 aliphatic rings. The fourth-order valence-corrected chi connectivity index (χ4v) is 2.77. The monoisotopic (exact) mass is 298 g/mol. The minimum atomic E-state index is -0.723. The van der Waals surface area contributed by atoms with E-state index in [-0.39, 0.29) is 0 Å². The smallest absolute Gasteiger partial charge is 0.314 e. The van der Waals surface area contributed by atoms with E-state index >= 15 is 0 Å². The summed E-state index contributed by atoms with van der Waals surface area (Å²) in [6.45, 7) is 0.456. The standard InChI is InChI=1S/C13H15BrO3/c1-17-8-9-3-4-10(14)7-11(9)13(12(15)16)5-2-6-13/h3-4,7H,2,5-6,8H2,1H3,(H,15,16). The van der Waals surface area contributed by atoms with Crippen molar-refractivity contribution in [2.24, 2.45) is 0 Å². The molecule has 3 nitrogen and oxygen atoms in total. The minimum absolute atomic E-state index is 0.456. The van der Waals surface area contributed by atoms with Gasteiger partial charge >= 0.3 is 5.97 Å². The Hall–Kier alpha value is -0.870. The van der Waals surface area contributed by atoms with Crippen LogP contribution >= 0.6 is 15.9 Å². The summed E-state index contributed by atoms with van der Waals surface area (Å²) in [6, 6.07) is 5.78. The molecule has 0 aromatic heterocycles. The third kappa shape index (κ3) is 2.11. The fraction of sp³-hybridized carbons (Fsp3) is 0.462. The molecule has 1 aromatic rings. The van der Waals surface area contributed by atoms with Gasteiger partial charge in [-0.25, -0.2) is 0 Å². The maximum Gasteiger partial charge on any atom is 0.314 e. The summed E-state index contributed by atoms with van der Waals surface area (Å²) in [4.78, 5) is 11.5. The van der Waals surface area contributed by atoms with Crippen LogP contribution in [-0.4, -0.2) is 18.2 Å². The number of halogens is 1. The molecule has 0 aliphatic heterocycles. The highest BCUT2D eigenvalue weighted by atomic mass is 79.9. The zero-order valence-electron chi connectivity index (χ0n) is 9.70. The van der Waals surface area contributed by atoms with E-state index in [1.54, 1.807) is 7.11 Å². The second kappa shape index (κ2) is 4.78. The predicted molar refractivity (Wildman–Crippen MR) is 68.0 cm³/mol. The van der Waals surface area contributed by atoms with Crippen LogP contribution in [0.2, 0.25) is 0 Å². The molecule has 1 saturated carbocycles. The molecule has 0 radical (unpaired) electrons. The van der Waals surface area contributed by atoms with E-state index in [0.29, 0.717) is 6.61 Å². The first-order valence-corrected chi connectivity index (χ1v) is 6.41. The summed E-state index contributed by atoms with van der Waals surface area (Å²) in [6.07, 6.45) is 2.41. The lowest BCUT2D eigenvalue weighted by Crippen LogP contribution is -2.43. The molecule has 0 saturated heterocycles. The summed E-state index contributed by atoms with van der Waals surface area (Å²) in [5.41, 5.74) is 1.17. The van der Waals surface area contributed by atoms with Crippen LogP contribution in [0.3, 0.4) is 0 Å². The van der Waals surface area contributed by atoms with Gasteiger partial charge in [0.05, 0.1) is 12.0 Å². The molecule has 92 valence electrons. The van der Waals surface area contributed by atoms with Crippen LogP contribution in [0, 0.1) is 0 Å². The molecule has 0 bridgehead atoms. The van der Waals surface area contributed by atoms with Gasteiger partial charge in [0.25, 0.3) is 0 Å². The Morgan fingerprint density at radius 2 is 2.24 bits per heavy atom.